The van der Waals surface area contributed by atoms with Gasteiger partial charge in [0.25, 0.3) is 0 Å². The molecule has 0 bridgehead atoms. The number of hydrogen-bond acceptors (Lipinski definition) is 6. The molecule has 3 aromatic rings. The summed E-state index contributed by atoms with van der Waals surface area (Å²) in [5.41, 5.74) is 0.764. The van der Waals surface area contributed by atoms with Gasteiger partial charge in [-0.1, -0.05) is 11.6 Å². The van der Waals surface area contributed by atoms with E-state index in [1.807, 2.05) is 6.92 Å². The molecule has 0 aromatic carbocycles. The Labute approximate surface area is 176 Å². The van der Waals surface area contributed by atoms with Gasteiger partial charge in [0.2, 0.25) is 0 Å². The maximum absolute atomic E-state index is 14.5. The van der Waals surface area contributed by atoms with Crippen LogP contribution in [0, 0.1) is 5.82 Å². The number of anilines is 1. The number of rotatable bonds is 3. The maximum Gasteiger partial charge on any atom is 0.408 e. The van der Waals surface area contributed by atoms with E-state index in [1.54, 1.807) is 18.5 Å². The van der Waals surface area contributed by atoms with Crippen LogP contribution in [-0.2, 0) is 4.74 Å². The summed E-state index contributed by atoms with van der Waals surface area (Å²) in [6, 6.07) is 1.60. The number of carbonyl (C=O) groups excluding carboxylic acids is 1. The highest BCUT2D eigenvalue weighted by molar-refractivity contribution is 6.31. The average Bonchev–Trinajstić information content (AvgIpc) is 3.24. The van der Waals surface area contributed by atoms with Crippen molar-refractivity contribution in [2.24, 2.45) is 0 Å². The molecular formula is C20H20ClFN6O2. The summed E-state index contributed by atoms with van der Waals surface area (Å²) in [5, 5.41) is 7.26. The van der Waals surface area contributed by atoms with Gasteiger partial charge in [-0.2, -0.15) is 0 Å². The summed E-state index contributed by atoms with van der Waals surface area (Å²) < 4.78 is 20.1. The predicted molar refractivity (Wildman–Crippen MR) is 110 cm³/mol. The van der Waals surface area contributed by atoms with Crippen LogP contribution in [0.4, 0.5) is 15.0 Å². The minimum Gasteiger partial charge on any atom is -0.441 e. The Morgan fingerprint density at radius 3 is 3.03 bits per heavy atom. The third-order valence-electron chi connectivity index (χ3n) is 5.99. The summed E-state index contributed by atoms with van der Waals surface area (Å²) in [5.74, 6) is -0.0534. The van der Waals surface area contributed by atoms with Gasteiger partial charge in [0.1, 0.15) is 11.2 Å². The van der Waals surface area contributed by atoms with Crippen molar-refractivity contribution in [3.05, 3.63) is 35.5 Å². The quantitative estimate of drug-likeness (QED) is 0.579. The molecular weight excluding hydrogens is 411 g/mol. The zero-order valence-corrected chi connectivity index (χ0v) is 17.0. The minimum absolute atomic E-state index is 0.0785. The Kier molecular flexibility index (Phi) is 4.50. The fraction of sp³-hybridized carbons (Fsp3) is 0.400. The van der Waals surface area contributed by atoms with E-state index in [9.17, 15) is 9.18 Å². The minimum atomic E-state index is -0.571. The number of pyridine rings is 1. The lowest BCUT2D eigenvalue weighted by Crippen LogP contribution is -2.48. The van der Waals surface area contributed by atoms with Crippen molar-refractivity contribution in [3.8, 4) is 11.4 Å². The van der Waals surface area contributed by atoms with Gasteiger partial charge in [-0.3, -0.25) is 0 Å². The molecule has 2 fully saturated rings. The molecule has 1 amide bonds. The van der Waals surface area contributed by atoms with Crippen LogP contribution in [0.2, 0.25) is 5.02 Å². The second-order valence-electron chi connectivity index (χ2n) is 7.90. The fourth-order valence-electron chi connectivity index (χ4n) is 4.44. The van der Waals surface area contributed by atoms with Crippen LogP contribution in [0.5, 0.6) is 0 Å². The van der Waals surface area contributed by atoms with Crippen molar-refractivity contribution in [3.63, 3.8) is 0 Å². The van der Waals surface area contributed by atoms with Crippen LogP contribution < -0.4 is 10.6 Å². The third kappa shape index (κ3) is 3.23. The molecule has 4 heterocycles. The standard InChI is InChI=1S/C20H20ClFN6O2/c1-10-20(30-19(29)26-10)4-2-3-12(6-20)27-18-15(22)9-25-17(28-18)14-8-24-16-13(14)5-11(21)7-23-16/h5,7-10,12H,2-4,6H2,1H3,(H,23,24)(H,26,29)(H,25,27,28)/t10-,12-,20+/m0/s1. The molecule has 1 aliphatic carbocycles. The van der Waals surface area contributed by atoms with Crippen LogP contribution in [0.1, 0.15) is 32.6 Å². The van der Waals surface area contributed by atoms with Crippen molar-refractivity contribution in [1.82, 2.24) is 25.3 Å². The summed E-state index contributed by atoms with van der Waals surface area (Å²) in [6.07, 6.45) is 7.09. The first-order valence-electron chi connectivity index (χ1n) is 9.85. The summed E-state index contributed by atoms with van der Waals surface area (Å²) in [6.45, 7) is 1.94. The SMILES string of the molecule is C[C@@H]1NC(=O)O[C@@]12CCC[C@H](Nc1nc(-c3c[nH]c4ncc(Cl)cc34)ncc1F)C2. The molecule has 1 aliphatic heterocycles. The van der Waals surface area contributed by atoms with Gasteiger partial charge in [-0.05, 0) is 32.3 Å². The Balaban J connectivity index is 1.43. The topological polar surface area (TPSA) is 105 Å². The number of H-pyrrole nitrogens is 1. The van der Waals surface area contributed by atoms with E-state index in [0.717, 1.165) is 30.8 Å². The van der Waals surface area contributed by atoms with Crippen molar-refractivity contribution < 1.29 is 13.9 Å². The molecule has 8 nitrogen and oxygen atoms in total. The second-order valence-corrected chi connectivity index (χ2v) is 8.34. The Hall–Kier alpha value is -2.94. The Bertz CT molecular complexity index is 1140. The highest BCUT2D eigenvalue weighted by Gasteiger charge is 2.49. The zero-order chi connectivity index (χ0) is 20.9. The number of amides is 1. The maximum atomic E-state index is 14.5. The molecule has 0 unspecified atom stereocenters. The number of ether oxygens (including phenoxy) is 1. The number of nitrogens with zero attached hydrogens (tertiary/aromatic N) is 3. The molecule has 156 valence electrons. The van der Waals surface area contributed by atoms with Gasteiger partial charge in [0.05, 0.1) is 17.3 Å². The summed E-state index contributed by atoms with van der Waals surface area (Å²) in [7, 11) is 0. The molecule has 3 N–H and O–H groups in total. The van der Waals surface area contributed by atoms with E-state index in [2.05, 4.69) is 30.6 Å². The molecule has 1 saturated heterocycles. The number of aromatic nitrogens is 4. The van der Waals surface area contributed by atoms with E-state index in [0.29, 0.717) is 28.5 Å². The monoisotopic (exact) mass is 430 g/mol. The molecule has 1 saturated carbocycles. The molecule has 10 heteroatoms. The molecule has 5 rings (SSSR count). The van der Waals surface area contributed by atoms with Crippen molar-refractivity contribution in [2.75, 3.05) is 5.32 Å². The first-order valence-corrected chi connectivity index (χ1v) is 10.2. The largest absolute Gasteiger partial charge is 0.441 e. The van der Waals surface area contributed by atoms with Crippen LogP contribution in [0.3, 0.4) is 0 Å². The third-order valence-corrected chi connectivity index (χ3v) is 6.19. The number of carbonyl (C=O) groups is 1. The summed E-state index contributed by atoms with van der Waals surface area (Å²) in [4.78, 5) is 27.6. The van der Waals surface area contributed by atoms with Gasteiger partial charge >= 0.3 is 6.09 Å². The molecule has 2 aliphatic rings. The number of aromatic amines is 1. The molecule has 30 heavy (non-hydrogen) atoms. The van der Waals surface area contributed by atoms with Gasteiger partial charge in [-0.25, -0.2) is 24.1 Å². The number of alkyl carbamates (subject to hydrolysis) is 1. The van der Waals surface area contributed by atoms with Gasteiger partial charge in [-0.15, -0.1) is 0 Å². The normalized spacial score (nSPS) is 26.0. The first kappa shape index (κ1) is 19.0. The lowest BCUT2D eigenvalue weighted by atomic mass is 9.78. The fourth-order valence-corrected chi connectivity index (χ4v) is 4.60. The van der Waals surface area contributed by atoms with E-state index in [4.69, 9.17) is 16.3 Å². The van der Waals surface area contributed by atoms with Crippen molar-refractivity contribution in [2.45, 2.75) is 50.3 Å². The Morgan fingerprint density at radius 2 is 2.23 bits per heavy atom. The smallest absolute Gasteiger partial charge is 0.408 e. The van der Waals surface area contributed by atoms with Crippen LogP contribution in [0.15, 0.2) is 24.7 Å². The van der Waals surface area contributed by atoms with Gasteiger partial charge < -0.3 is 20.4 Å². The lowest BCUT2D eigenvalue weighted by Gasteiger charge is -2.38. The first-order chi connectivity index (χ1) is 14.4. The van der Waals surface area contributed by atoms with Crippen LogP contribution >= 0.6 is 11.6 Å². The van der Waals surface area contributed by atoms with E-state index < -0.39 is 17.5 Å². The van der Waals surface area contributed by atoms with Crippen molar-refractivity contribution in [1.29, 1.82) is 0 Å². The van der Waals surface area contributed by atoms with E-state index in [1.165, 1.54) is 0 Å². The average molecular weight is 431 g/mol. The Morgan fingerprint density at radius 1 is 1.37 bits per heavy atom. The van der Waals surface area contributed by atoms with Gasteiger partial charge in [0.15, 0.2) is 17.5 Å². The number of halogens is 2. The predicted octanol–water partition coefficient (Wildman–Crippen LogP) is 4.03. The molecule has 0 radical (unpaired) electrons. The molecule has 3 aromatic heterocycles. The molecule has 3 atom stereocenters. The number of fused-ring (bicyclic) bond motifs is 1. The highest BCUT2D eigenvalue weighted by atomic mass is 35.5. The van der Waals surface area contributed by atoms with Crippen LogP contribution in [-0.4, -0.2) is 43.7 Å². The number of nitrogens with one attached hydrogen (secondary N) is 3. The second kappa shape index (κ2) is 7.09. The lowest BCUT2D eigenvalue weighted by molar-refractivity contribution is 0.00441. The number of hydrogen-bond donors (Lipinski definition) is 3. The van der Waals surface area contributed by atoms with E-state index in [-0.39, 0.29) is 17.9 Å². The highest BCUT2D eigenvalue weighted by Crippen LogP contribution is 2.39. The molecule has 1 spiro atoms. The van der Waals surface area contributed by atoms with Crippen molar-refractivity contribution >= 4 is 34.5 Å². The van der Waals surface area contributed by atoms with Gasteiger partial charge in [0, 0.05) is 35.8 Å². The summed E-state index contributed by atoms with van der Waals surface area (Å²) >= 11 is 6.07. The van der Waals surface area contributed by atoms with Crippen LogP contribution in [0.25, 0.3) is 22.4 Å². The van der Waals surface area contributed by atoms with E-state index >= 15 is 0 Å². The zero-order valence-electron chi connectivity index (χ0n) is 16.2.